The zero-order chi connectivity index (χ0) is 23.8. The highest BCUT2D eigenvalue weighted by Gasteiger charge is 2.74. The van der Waals surface area contributed by atoms with E-state index in [1.165, 1.54) is 6.07 Å². The normalized spacial score (nSPS) is 37.2. The molecule has 0 heterocycles. The van der Waals surface area contributed by atoms with Gasteiger partial charge in [0, 0.05) is 16.9 Å². The van der Waals surface area contributed by atoms with Gasteiger partial charge in [0.1, 0.15) is 23.0 Å². The van der Waals surface area contributed by atoms with Gasteiger partial charge in [-0.2, -0.15) is 0 Å². The Morgan fingerprint density at radius 2 is 1.88 bits per heavy atom. The first kappa shape index (κ1) is 23.5. The second kappa shape index (κ2) is 7.43. The minimum absolute atomic E-state index is 0.0141. The van der Waals surface area contributed by atoms with Crippen LogP contribution in [0.1, 0.15) is 55.1 Å². The van der Waals surface area contributed by atoms with Crippen LogP contribution in [0.25, 0.3) is 0 Å². The van der Waals surface area contributed by atoms with E-state index < -0.39 is 35.8 Å². The lowest BCUT2D eigenvalue weighted by Crippen LogP contribution is -2.74. The number of aliphatic hydroxyl groups is 4. The molecule has 5 N–H and O–H groups in total. The first-order valence-electron chi connectivity index (χ1n) is 10.9. The Morgan fingerprint density at radius 3 is 2.47 bits per heavy atom. The van der Waals surface area contributed by atoms with Crippen LogP contribution in [0, 0.1) is 29.6 Å². The summed E-state index contributed by atoms with van der Waals surface area (Å²) >= 11 is 6.21. The fourth-order valence-corrected chi connectivity index (χ4v) is 6.75. The fraction of sp³-hybridized carbons (Fsp3) is 0.625. The van der Waals surface area contributed by atoms with E-state index in [1.807, 2.05) is 26.8 Å². The maximum atomic E-state index is 13.0. The molecular formula is C24H31ClO7. The van der Waals surface area contributed by atoms with E-state index in [1.54, 1.807) is 6.92 Å². The van der Waals surface area contributed by atoms with Gasteiger partial charge in [0.25, 0.3) is 0 Å². The third-order valence-corrected chi connectivity index (χ3v) is 8.82. The van der Waals surface area contributed by atoms with Gasteiger partial charge in [-0.3, -0.25) is 0 Å². The zero-order valence-corrected chi connectivity index (χ0v) is 19.5. The Morgan fingerprint density at radius 1 is 1.22 bits per heavy atom. The molecule has 0 saturated heterocycles. The summed E-state index contributed by atoms with van der Waals surface area (Å²) in [5.74, 6) is -1.44. The van der Waals surface area contributed by atoms with Crippen LogP contribution in [-0.4, -0.2) is 55.9 Å². The van der Waals surface area contributed by atoms with Gasteiger partial charge in [-0.25, -0.2) is 4.79 Å². The standard InChI is InChI=1S/C24H31ClO7/c1-11-17(15(28)6-13(9-26)19(11)25)21(30)32-16-8-23(4)18-12(7-22(2,3)20(18)29)5-14(10-27)24(16,23)31/h5-6,12,16,18,20,26-29,31H,7-10H2,1-4H3/t12?,16-,18?,20-,23-,24+/m1/s1. The number of carbonyl (C=O) groups excluding carboxylic acids is 1. The van der Waals surface area contributed by atoms with E-state index in [0.717, 1.165) is 6.42 Å². The molecule has 6 atom stereocenters. The number of ether oxygens (including phenoxy) is 1. The van der Waals surface area contributed by atoms with Crippen LogP contribution in [-0.2, 0) is 11.3 Å². The molecule has 0 aromatic heterocycles. The molecule has 0 radical (unpaired) electrons. The molecule has 1 aromatic carbocycles. The van der Waals surface area contributed by atoms with E-state index >= 15 is 0 Å². The molecule has 0 bridgehead atoms. The predicted octanol–water partition coefficient (Wildman–Crippen LogP) is 2.47. The average molecular weight is 467 g/mol. The molecule has 4 rings (SSSR count). The number of hydrogen-bond acceptors (Lipinski definition) is 7. The van der Waals surface area contributed by atoms with Crippen LogP contribution in [0.3, 0.4) is 0 Å². The molecular weight excluding hydrogens is 436 g/mol. The van der Waals surface area contributed by atoms with Gasteiger partial charge in [-0.15, -0.1) is 0 Å². The minimum atomic E-state index is -1.63. The highest BCUT2D eigenvalue weighted by molar-refractivity contribution is 6.32. The lowest BCUT2D eigenvalue weighted by Gasteiger charge is -2.65. The summed E-state index contributed by atoms with van der Waals surface area (Å²) in [5.41, 5.74) is -1.92. The van der Waals surface area contributed by atoms with Crippen LogP contribution >= 0.6 is 11.6 Å². The first-order chi connectivity index (χ1) is 14.8. The van der Waals surface area contributed by atoms with Crippen molar-refractivity contribution in [1.29, 1.82) is 0 Å². The smallest absolute Gasteiger partial charge is 0.342 e. The third-order valence-electron chi connectivity index (χ3n) is 8.30. The molecule has 1 aromatic rings. The largest absolute Gasteiger partial charge is 0.507 e. The number of phenolic OH excluding ortho intramolecular Hbond substituents is 1. The Hall–Kier alpha value is -1.64. The molecule has 0 aliphatic heterocycles. The topological polar surface area (TPSA) is 127 Å². The Labute approximate surface area is 192 Å². The van der Waals surface area contributed by atoms with Crippen molar-refractivity contribution in [2.75, 3.05) is 6.61 Å². The number of benzene rings is 1. The van der Waals surface area contributed by atoms with Crippen molar-refractivity contribution in [1.82, 2.24) is 0 Å². The average Bonchev–Trinajstić information content (AvgIpc) is 2.95. The number of aliphatic hydroxyl groups excluding tert-OH is 3. The Bertz CT molecular complexity index is 1000. The fourth-order valence-electron chi connectivity index (χ4n) is 6.54. The monoisotopic (exact) mass is 466 g/mol. The molecule has 176 valence electrons. The van der Waals surface area contributed by atoms with Crippen molar-refractivity contribution < 1.29 is 35.1 Å². The third kappa shape index (κ3) is 2.91. The summed E-state index contributed by atoms with van der Waals surface area (Å²) < 4.78 is 5.66. The van der Waals surface area contributed by atoms with E-state index in [9.17, 15) is 30.3 Å². The maximum absolute atomic E-state index is 13.0. The molecule has 3 aliphatic carbocycles. The van der Waals surface area contributed by atoms with Crippen LogP contribution < -0.4 is 0 Å². The van der Waals surface area contributed by atoms with Gasteiger partial charge in [0.15, 0.2) is 0 Å². The van der Waals surface area contributed by atoms with Gasteiger partial charge in [-0.05, 0) is 48.3 Å². The quantitative estimate of drug-likeness (QED) is 0.340. The van der Waals surface area contributed by atoms with Gasteiger partial charge in [-0.1, -0.05) is 38.4 Å². The molecule has 2 fully saturated rings. The molecule has 3 aliphatic rings. The Kier molecular flexibility index (Phi) is 5.46. The lowest BCUT2D eigenvalue weighted by molar-refractivity contribution is -0.260. The number of esters is 1. The molecule has 0 amide bonds. The summed E-state index contributed by atoms with van der Waals surface area (Å²) in [7, 11) is 0. The summed E-state index contributed by atoms with van der Waals surface area (Å²) in [6, 6.07) is 1.22. The van der Waals surface area contributed by atoms with Crippen molar-refractivity contribution in [2.24, 2.45) is 22.7 Å². The molecule has 32 heavy (non-hydrogen) atoms. The number of halogens is 1. The first-order valence-corrected chi connectivity index (χ1v) is 11.3. The maximum Gasteiger partial charge on any atom is 0.342 e. The summed E-state index contributed by atoms with van der Waals surface area (Å²) in [6.45, 7) is 6.62. The van der Waals surface area contributed by atoms with Gasteiger partial charge in [0.05, 0.1) is 24.3 Å². The number of carbonyl (C=O) groups is 1. The van der Waals surface area contributed by atoms with Crippen LogP contribution in [0.2, 0.25) is 5.02 Å². The SMILES string of the molecule is Cc1c(Cl)c(CO)cc(O)c1C(=O)O[C@@H]1C[C@]2(C)C3C(C=C(CO)[C@]12O)CC(C)(C)[C@@H]3O. The van der Waals surface area contributed by atoms with Crippen LogP contribution in [0.5, 0.6) is 5.75 Å². The van der Waals surface area contributed by atoms with E-state index in [2.05, 4.69) is 0 Å². The highest BCUT2D eigenvalue weighted by atomic mass is 35.5. The molecule has 2 unspecified atom stereocenters. The second-order valence-corrected chi connectivity index (χ2v) is 10.9. The van der Waals surface area contributed by atoms with Gasteiger partial charge in [0.2, 0.25) is 0 Å². The summed E-state index contributed by atoms with van der Waals surface area (Å²) in [5, 5.41) is 52.7. The molecule has 7 nitrogen and oxygen atoms in total. The number of hydrogen-bond donors (Lipinski definition) is 5. The van der Waals surface area contributed by atoms with Crippen molar-refractivity contribution in [3.63, 3.8) is 0 Å². The van der Waals surface area contributed by atoms with Crippen molar-refractivity contribution in [2.45, 2.75) is 65.0 Å². The number of phenols is 1. The summed E-state index contributed by atoms with van der Waals surface area (Å²) in [6.07, 6.45) is 1.28. The second-order valence-electron chi connectivity index (χ2n) is 10.5. The van der Waals surface area contributed by atoms with Crippen molar-refractivity contribution in [3.05, 3.63) is 39.4 Å². The number of allylic oxidation sites excluding steroid dienone is 1. The number of fused-ring (bicyclic) bond motifs is 3. The van der Waals surface area contributed by atoms with Crippen LogP contribution in [0.15, 0.2) is 17.7 Å². The lowest BCUT2D eigenvalue weighted by atomic mass is 9.43. The van der Waals surface area contributed by atoms with E-state index in [0.29, 0.717) is 12.0 Å². The van der Waals surface area contributed by atoms with Crippen LogP contribution in [0.4, 0.5) is 0 Å². The van der Waals surface area contributed by atoms with E-state index in [-0.39, 0.29) is 51.3 Å². The zero-order valence-electron chi connectivity index (χ0n) is 18.7. The van der Waals surface area contributed by atoms with Gasteiger partial charge >= 0.3 is 5.97 Å². The minimum Gasteiger partial charge on any atom is -0.507 e. The van der Waals surface area contributed by atoms with E-state index in [4.69, 9.17) is 16.3 Å². The Balaban J connectivity index is 1.67. The number of rotatable bonds is 4. The molecule has 0 spiro atoms. The van der Waals surface area contributed by atoms with Gasteiger partial charge < -0.3 is 30.3 Å². The summed E-state index contributed by atoms with van der Waals surface area (Å²) in [4.78, 5) is 13.0. The number of aromatic hydroxyl groups is 1. The van der Waals surface area contributed by atoms with Crippen molar-refractivity contribution >= 4 is 17.6 Å². The highest BCUT2D eigenvalue weighted by Crippen LogP contribution is 2.68. The molecule has 8 heteroatoms. The van der Waals surface area contributed by atoms with Crippen molar-refractivity contribution in [3.8, 4) is 5.75 Å². The molecule has 2 saturated carbocycles. The predicted molar refractivity (Wildman–Crippen MR) is 117 cm³/mol.